The average molecular weight is 409 g/mol. The molecule has 0 radical (unpaired) electrons. The van der Waals surface area contributed by atoms with Crippen LogP contribution in [0.1, 0.15) is 64.2 Å². The van der Waals surface area contributed by atoms with Crippen LogP contribution in [0.25, 0.3) is 22.1 Å². The van der Waals surface area contributed by atoms with E-state index in [1.165, 1.54) is 0 Å². The van der Waals surface area contributed by atoms with Crippen LogP contribution in [0.4, 0.5) is 0 Å². The Bertz CT molecular complexity index is 1090. The number of nitrogens with zero attached hydrogens (tertiary/aromatic N) is 4. The fourth-order valence-electron chi connectivity index (χ4n) is 4.53. The molecule has 0 atom stereocenters. The first-order valence-electron chi connectivity index (χ1n) is 10.5. The molecule has 8 heteroatoms. The van der Waals surface area contributed by atoms with Gasteiger partial charge in [-0.15, -0.1) is 0 Å². The van der Waals surface area contributed by atoms with Gasteiger partial charge in [0.1, 0.15) is 17.0 Å². The fraction of sp³-hybridized carbons (Fsp3) is 0.545. The van der Waals surface area contributed by atoms with Crippen molar-refractivity contribution in [2.45, 2.75) is 70.6 Å². The molecule has 0 spiro atoms. The minimum atomic E-state index is -1.05. The van der Waals surface area contributed by atoms with Crippen LogP contribution in [0.3, 0.4) is 0 Å². The van der Waals surface area contributed by atoms with Crippen LogP contribution in [0.5, 0.6) is 0 Å². The van der Waals surface area contributed by atoms with Gasteiger partial charge in [-0.25, -0.2) is 9.97 Å². The van der Waals surface area contributed by atoms with Crippen molar-refractivity contribution in [3.05, 3.63) is 24.3 Å². The number of aromatic nitrogens is 4. The molecule has 3 aromatic rings. The molecule has 1 aliphatic carbocycles. The van der Waals surface area contributed by atoms with Crippen molar-refractivity contribution < 1.29 is 9.90 Å². The molecule has 0 aliphatic heterocycles. The molecule has 3 aromatic heterocycles. The largest absolute Gasteiger partial charge is 0.390 e. The summed E-state index contributed by atoms with van der Waals surface area (Å²) in [4.78, 5) is 24.7. The van der Waals surface area contributed by atoms with E-state index in [1.54, 1.807) is 20.0 Å². The van der Waals surface area contributed by atoms with E-state index in [-0.39, 0.29) is 18.4 Å². The number of fused-ring (bicyclic) bond motifs is 3. The molecule has 30 heavy (non-hydrogen) atoms. The molecule has 8 nitrogen and oxygen atoms in total. The quantitative estimate of drug-likeness (QED) is 0.578. The highest BCUT2D eigenvalue weighted by Crippen LogP contribution is 2.37. The van der Waals surface area contributed by atoms with Crippen LogP contribution in [0.15, 0.2) is 18.5 Å². The number of aliphatic hydroxyl groups is 1. The topological polar surface area (TPSA) is 120 Å². The summed E-state index contributed by atoms with van der Waals surface area (Å²) >= 11 is 0. The van der Waals surface area contributed by atoms with Gasteiger partial charge in [0.25, 0.3) is 0 Å². The summed E-state index contributed by atoms with van der Waals surface area (Å²) in [6.45, 7) is 3.54. The molecule has 0 saturated heterocycles. The zero-order valence-corrected chi connectivity index (χ0v) is 17.5. The van der Waals surface area contributed by atoms with Gasteiger partial charge in [0, 0.05) is 24.0 Å². The first-order valence-corrected chi connectivity index (χ1v) is 10.5. The highest BCUT2D eigenvalue weighted by molar-refractivity contribution is 6.01. The maximum atomic E-state index is 12.3. The number of hydrogen-bond donors (Lipinski definition) is 3. The minimum Gasteiger partial charge on any atom is -0.390 e. The lowest BCUT2D eigenvalue weighted by Crippen LogP contribution is -2.33. The smallest absolute Gasteiger partial charge is 0.223 e. The molecule has 0 unspecified atom stereocenters. The lowest BCUT2D eigenvalue weighted by molar-refractivity contribution is -0.125. The second-order valence-electron chi connectivity index (χ2n) is 8.93. The second-order valence-corrected chi connectivity index (χ2v) is 8.93. The second kappa shape index (κ2) is 8.07. The number of H-pyrrole nitrogens is 1. The van der Waals surface area contributed by atoms with E-state index < -0.39 is 5.60 Å². The zero-order chi connectivity index (χ0) is 21.3. The van der Waals surface area contributed by atoms with Crippen LogP contribution in [-0.4, -0.2) is 36.1 Å². The van der Waals surface area contributed by atoms with Crippen molar-refractivity contribution in [2.75, 3.05) is 0 Å². The SMILES string of the molecule is CC(C)(O)CC(=O)NCc1nc2cnc3[nH]ccc3c2n1C1CCC(CC#N)CC1. The van der Waals surface area contributed by atoms with Crippen LogP contribution < -0.4 is 5.32 Å². The number of carbonyl (C=O) groups is 1. The Kier molecular flexibility index (Phi) is 5.48. The molecule has 0 aromatic carbocycles. The van der Waals surface area contributed by atoms with E-state index in [2.05, 4.69) is 25.9 Å². The minimum absolute atomic E-state index is 0.0378. The maximum absolute atomic E-state index is 12.3. The lowest BCUT2D eigenvalue weighted by atomic mass is 9.84. The normalized spacial score (nSPS) is 19.8. The summed E-state index contributed by atoms with van der Waals surface area (Å²) in [6, 6.07) is 4.59. The monoisotopic (exact) mass is 408 g/mol. The third-order valence-electron chi connectivity index (χ3n) is 5.91. The molecule has 1 fully saturated rings. The van der Waals surface area contributed by atoms with Crippen LogP contribution in [0.2, 0.25) is 0 Å². The first-order chi connectivity index (χ1) is 14.4. The number of aromatic amines is 1. The molecule has 3 heterocycles. The number of carbonyl (C=O) groups excluding carboxylic acids is 1. The Morgan fingerprint density at radius 3 is 2.87 bits per heavy atom. The van der Waals surface area contributed by atoms with Gasteiger partial charge in [0.05, 0.1) is 36.3 Å². The third-order valence-corrected chi connectivity index (χ3v) is 5.91. The molecular weight excluding hydrogens is 380 g/mol. The van der Waals surface area contributed by atoms with Crippen molar-refractivity contribution in [3.63, 3.8) is 0 Å². The Balaban J connectivity index is 1.67. The van der Waals surface area contributed by atoms with Crippen molar-refractivity contribution >= 4 is 28.0 Å². The number of pyridine rings is 1. The van der Waals surface area contributed by atoms with E-state index in [4.69, 9.17) is 10.2 Å². The Morgan fingerprint density at radius 1 is 1.40 bits per heavy atom. The Hall–Kier alpha value is -2.92. The zero-order valence-electron chi connectivity index (χ0n) is 17.5. The fourth-order valence-corrected chi connectivity index (χ4v) is 4.53. The highest BCUT2D eigenvalue weighted by atomic mass is 16.3. The summed E-state index contributed by atoms with van der Waals surface area (Å²) in [5, 5.41) is 22.9. The van der Waals surface area contributed by atoms with E-state index in [0.29, 0.717) is 18.9 Å². The van der Waals surface area contributed by atoms with E-state index >= 15 is 0 Å². The van der Waals surface area contributed by atoms with Gasteiger partial charge in [-0.1, -0.05) is 0 Å². The van der Waals surface area contributed by atoms with Crippen molar-refractivity contribution in [2.24, 2.45) is 5.92 Å². The molecule has 1 saturated carbocycles. The predicted octanol–water partition coefficient (Wildman–Crippen LogP) is 3.33. The third kappa shape index (κ3) is 4.17. The average Bonchev–Trinajstić information content (AvgIpc) is 3.29. The number of hydrogen-bond acceptors (Lipinski definition) is 5. The standard InChI is InChI=1S/C22H28N6O2/c1-22(2,30)11-19(29)25-13-18-27-17-12-26-21-16(8-10-24-21)20(17)28(18)15-5-3-14(4-6-15)7-9-23/h8,10,12,14-15,30H,3-7,11,13H2,1-2H3,(H,24,26)(H,25,29). The molecule has 0 bridgehead atoms. The molecule has 3 N–H and O–H groups in total. The molecule has 1 aliphatic rings. The van der Waals surface area contributed by atoms with Gasteiger partial charge in [0.15, 0.2) is 0 Å². The van der Waals surface area contributed by atoms with Crippen LogP contribution in [0, 0.1) is 17.2 Å². The van der Waals surface area contributed by atoms with Gasteiger partial charge < -0.3 is 20.0 Å². The molecule has 1 amide bonds. The summed E-state index contributed by atoms with van der Waals surface area (Å²) < 4.78 is 2.26. The summed E-state index contributed by atoms with van der Waals surface area (Å²) in [5.74, 6) is 1.06. The van der Waals surface area contributed by atoms with Gasteiger partial charge >= 0.3 is 0 Å². The molecular formula is C22H28N6O2. The number of nitriles is 1. The van der Waals surface area contributed by atoms with Crippen molar-refractivity contribution in [1.82, 2.24) is 24.8 Å². The number of amides is 1. The van der Waals surface area contributed by atoms with Crippen molar-refractivity contribution in [1.29, 1.82) is 5.26 Å². The Labute approximate surface area is 175 Å². The number of nitrogens with one attached hydrogen (secondary N) is 2. The van der Waals surface area contributed by atoms with Crippen LogP contribution in [-0.2, 0) is 11.3 Å². The summed E-state index contributed by atoms with van der Waals surface area (Å²) in [5.41, 5.74) is 1.62. The molecule has 4 rings (SSSR count). The number of imidazole rings is 1. The van der Waals surface area contributed by atoms with E-state index in [1.807, 2.05) is 12.3 Å². The molecule has 158 valence electrons. The van der Waals surface area contributed by atoms with E-state index in [9.17, 15) is 9.90 Å². The van der Waals surface area contributed by atoms with E-state index in [0.717, 1.165) is 53.6 Å². The first kappa shape index (κ1) is 20.4. The van der Waals surface area contributed by atoms with Crippen LogP contribution >= 0.6 is 0 Å². The lowest BCUT2D eigenvalue weighted by Gasteiger charge is -2.30. The highest BCUT2D eigenvalue weighted by Gasteiger charge is 2.27. The van der Waals surface area contributed by atoms with Gasteiger partial charge in [-0.05, 0) is 51.5 Å². The Morgan fingerprint density at radius 2 is 2.17 bits per heavy atom. The van der Waals surface area contributed by atoms with Gasteiger partial charge in [0.2, 0.25) is 5.91 Å². The predicted molar refractivity (Wildman–Crippen MR) is 113 cm³/mol. The van der Waals surface area contributed by atoms with Crippen molar-refractivity contribution in [3.8, 4) is 6.07 Å². The van der Waals surface area contributed by atoms with Gasteiger partial charge in [-0.3, -0.25) is 4.79 Å². The summed E-state index contributed by atoms with van der Waals surface area (Å²) in [6.07, 6.45) is 8.30. The maximum Gasteiger partial charge on any atom is 0.223 e. The summed E-state index contributed by atoms with van der Waals surface area (Å²) in [7, 11) is 0. The van der Waals surface area contributed by atoms with Gasteiger partial charge in [-0.2, -0.15) is 5.26 Å². The number of rotatable bonds is 6.